The van der Waals surface area contributed by atoms with Gasteiger partial charge in [-0.15, -0.1) is 0 Å². The molecule has 2 aliphatic rings. The number of ether oxygens (including phenoxy) is 2. The average molecular weight is 331 g/mol. The molecule has 1 aromatic rings. The second-order valence-electron chi connectivity index (χ2n) is 6.49. The summed E-state index contributed by atoms with van der Waals surface area (Å²) < 4.78 is 11.2. The highest BCUT2D eigenvalue weighted by atomic mass is 16.5. The van der Waals surface area contributed by atoms with Gasteiger partial charge >= 0.3 is 0 Å². The van der Waals surface area contributed by atoms with Crippen molar-refractivity contribution in [3.8, 4) is 0 Å². The molecule has 5 heteroatoms. The van der Waals surface area contributed by atoms with E-state index in [0.29, 0.717) is 5.92 Å². The SMILES string of the molecule is CN=C(NCCCOCC1CCOCC1)N1CCc2ccccc21. The van der Waals surface area contributed by atoms with Gasteiger partial charge < -0.3 is 19.7 Å². The van der Waals surface area contributed by atoms with Gasteiger partial charge in [-0.3, -0.25) is 4.99 Å². The third kappa shape index (κ3) is 4.48. The molecule has 0 aliphatic carbocycles. The van der Waals surface area contributed by atoms with E-state index in [-0.39, 0.29) is 0 Å². The lowest BCUT2D eigenvalue weighted by atomic mass is 10.0. The lowest BCUT2D eigenvalue weighted by Gasteiger charge is -2.23. The molecule has 132 valence electrons. The topological polar surface area (TPSA) is 46.1 Å². The summed E-state index contributed by atoms with van der Waals surface area (Å²) in [5.74, 6) is 1.64. The maximum atomic E-state index is 5.82. The molecule has 2 aliphatic heterocycles. The summed E-state index contributed by atoms with van der Waals surface area (Å²) in [5, 5.41) is 3.47. The van der Waals surface area contributed by atoms with E-state index in [0.717, 1.165) is 71.2 Å². The highest BCUT2D eigenvalue weighted by Crippen LogP contribution is 2.27. The van der Waals surface area contributed by atoms with E-state index in [1.165, 1.54) is 11.3 Å². The molecule has 0 unspecified atom stereocenters. The van der Waals surface area contributed by atoms with Crippen LogP contribution < -0.4 is 10.2 Å². The molecule has 1 saturated heterocycles. The van der Waals surface area contributed by atoms with Crippen LogP contribution in [-0.4, -0.2) is 52.5 Å². The standard InChI is InChI=1S/C19H29N3O2/c1-20-19(22-11-7-17-5-2-3-6-18(17)22)21-10-4-12-24-15-16-8-13-23-14-9-16/h2-3,5-6,16H,4,7-15H2,1H3,(H,20,21). The summed E-state index contributed by atoms with van der Waals surface area (Å²) in [4.78, 5) is 6.71. The number of nitrogens with zero attached hydrogens (tertiary/aromatic N) is 2. The van der Waals surface area contributed by atoms with Crippen LogP contribution in [0.15, 0.2) is 29.3 Å². The van der Waals surface area contributed by atoms with E-state index in [1.54, 1.807) is 0 Å². The summed E-state index contributed by atoms with van der Waals surface area (Å²) in [7, 11) is 1.85. The monoisotopic (exact) mass is 331 g/mol. The first-order valence-corrected chi connectivity index (χ1v) is 9.10. The van der Waals surface area contributed by atoms with Gasteiger partial charge in [-0.25, -0.2) is 0 Å². The fraction of sp³-hybridized carbons (Fsp3) is 0.632. The molecule has 0 radical (unpaired) electrons. The maximum Gasteiger partial charge on any atom is 0.198 e. The van der Waals surface area contributed by atoms with Gasteiger partial charge in [-0.2, -0.15) is 0 Å². The van der Waals surface area contributed by atoms with Gasteiger partial charge in [-0.05, 0) is 43.2 Å². The molecule has 0 amide bonds. The Morgan fingerprint density at radius 3 is 3.00 bits per heavy atom. The van der Waals surface area contributed by atoms with E-state index in [1.807, 2.05) is 7.05 Å². The van der Waals surface area contributed by atoms with Crippen molar-refractivity contribution in [3.63, 3.8) is 0 Å². The number of hydrogen-bond acceptors (Lipinski definition) is 3. The molecule has 3 rings (SSSR count). The molecule has 0 saturated carbocycles. The molecule has 0 aromatic heterocycles. The van der Waals surface area contributed by atoms with Crippen molar-refractivity contribution in [1.82, 2.24) is 5.32 Å². The minimum absolute atomic E-state index is 0.681. The summed E-state index contributed by atoms with van der Waals surface area (Å²) >= 11 is 0. The van der Waals surface area contributed by atoms with Crippen LogP contribution in [0.4, 0.5) is 5.69 Å². The number of guanidine groups is 1. The van der Waals surface area contributed by atoms with Crippen LogP contribution in [0.25, 0.3) is 0 Å². The normalized spacial score (nSPS) is 18.7. The Morgan fingerprint density at radius 1 is 1.33 bits per heavy atom. The number of nitrogens with one attached hydrogen (secondary N) is 1. The lowest BCUT2D eigenvalue weighted by Crippen LogP contribution is -2.41. The zero-order chi connectivity index (χ0) is 16.6. The summed E-state index contributed by atoms with van der Waals surface area (Å²) in [6.07, 6.45) is 4.36. The van der Waals surface area contributed by atoms with E-state index in [4.69, 9.17) is 9.47 Å². The molecule has 1 aromatic carbocycles. The van der Waals surface area contributed by atoms with Crippen molar-refractivity contribution < 1.29 is 9.47 Å². The van der Waals surface area contributed by atoms with E-state index >= 15 is 0 Å². The number of hydrogen-bond donors (Lipinski definition) is 1. The van der Waals surface area contributed by atoms with Crippen molar-refractivity contribution in [1.29, 1.82) is 0 Å². The fourth-order valence-corrected chi connectivity index (χ4v) is 3.39. The van der Waals surface area contributed by atoms with Gasteiger partial charge in [0.2, 0.25) is 0 Å². The Labute approximate surface area is 145 Å². The molecule has 1 fully saturated rings. The minimum Gasteiger partial charge on any atom is -0.381 e. The predicted molar refractivity (Wildman–Crippen MR) is 97.8 cm³/mol. The van der Waals surface area contributed by atoms with Crippen LogP contribution in [-0.2, 0) is 15.9 Å². The van der Waals surface area contributed by atoms with Crippen LogP contribution in [0.3, 0.4) is 0 Å². The number of aliphatic imine (C=N–C) groups is 1. The first-order chi connectivity index (χ1) is 11.9. The van der Waals surface area contributed by atoms with E-state index in [2.05, 4.69) is 39.5 Å². The van der Waals surface area contributed by atoms with Crippen molar-refractivity contribution in [2.75, 3.05) is 51.5 Å². The first-order valence-electron chi connectivity index (χ1n) is 9.10. The van der Waals surface area contributed by atoms with E-state index in [9.17, 15) is 0 Å². The van der Waals surface area contributed by atoms with Crippen molar-refractivity contribution in [3.05, 3.63) is 29.8 Å². The van der Waals surface area contributed by atoms with Crippen LogP contribution in [0.1, 0.15) is 24.8 Å². The molecule has 0 bridgehead atoms. The Morgan fingerprint density at radius 2 is 2.17 bits per heavy atom. The lowest BCUT2D eigenvalue weighted by molar-refractivity contribution is 0.0203. The number of rotatable bonds is 6. The zero-order valence-electron chi connectivity index (χ0n) is 14.7. The molecule has 0 spiro atoms. The Bertz CT molecular complexity index is 541. The first kappa shape index (κ1) is 17.2. The Kier molecular flexibility index (Phi) is 6.49. The smallest absolute Gasteiger partial charge is 0.198 e. The number of anilines is 1. The number of para-hydroxylation sites is 1. The Balaban J connectivity index is 1.35. The predicted octanol–water partition coefficient (Wildman–Crippen LogP) is 2.46. The second-order valence-corrected chi connectivity index (χ2v) is 6.49. The summed E-state index contributed by atoms with van der Waals surface area (Å²) in [6.45, 7) is 5.35. The van der Waals surface area contributed by atoms with Crippen molar-refractivity contribution >= 4 is 11.6 Å². The van der Waals surface area contributed by atoms with Crippen LogP contribution >= 0.6 is 0 Å². The van der Waals surface area contributed by atoms with Crippen molar-refractivity contribution in [2.24, 2.45) is 10.9 Å². The highest BCUT2D eigenvalue weighted by molar-refractivity contribution is 5.97. The minimum atomic E-state index is 0.681. The zero-order valence-corrected chi connectivity index (χ0v) is 14.7. The average Bonchev–Trinajstić information content (AvgIpc) is 3.06. The van der Waals surface area contributed by atoms with Crippen LogP contribution in [0, 0.1) is 5.92 Å². The molecule has 5 nitrogen and oxygen atoms in total. The Hall–Kier alpha value is -1.59. The summed E-state index contributed by atoms with van der Waals surface area (Å²) in [6, 6.07) is 8.57. The summed E-state index contributed by atoms with van der Waals surface area (Å²) in [5.41, 5.74) is 2.68. The fourth-order valence-electron chi connectivity index (χ4n) is 3.39. The third-order valence-electron chi connectivity index (χ3n) is 4.80. The van der Waals surface area contributed by atoms with Gasteiger partial charge in [0, 0.05) is 52.3 Å². The third-order valence-corrected chi connectivity index (χ3v) is 4.80. The number of benzene rings is 1. The molecule has 24 heavy (non-hydrogen) atoms. The maximum absolute atomic E-state index is 5.82. The van der Waals surface area contributed by atoms with Gasteiger partial charge in [-0.1, -0.05) is 18.2 Å². The molecule has 2 heterocycles. The van der Waals surface area contributed by atoms with Gasteiger partial charge in [0.15, 0.2) is 5.96 Å². The quantitative estimate of drug-likeness (QED) is 0.494. The molecule has 0 atom stereocenters. The van der Waals surface area contributed by atoms with Crippen LogP contribution in [0.5, 0.6) is 0 Å². The van der Waals surface area contributed by atoms with E-state index < -0.39 is 0 Å². The van der Waals surface area contributed by atoms with Crippen LogP contribution in [0.2, 0.25) is 0 Å². The number of fused-ring (bicyclic) bond motifs is 1. The molecular formula is C19H29N3O2. The van der Waals surface area contributed by atoms with Gasteiger partial charge in [0.25, 0.3) is 0 Å². The second kappa shape index (κ2) is 9.04. The molecular weight excluding hydrogens is 302 g/mol. The molecule has 1 N–H and O–H groups in total. The highest BCUT2D eigenvalue weighted by Gasteiger charge is 2.22. The van der Waals surface area contributed by atoms with Crippen molar-refractivity contribution in [2.45, 2.75) is 25.7 Å². The van der Waals surface area contributed by atoms with Gasteiger partial charge in [0.05, 0.1) is 0 Å². The largest absolute Gasteiger partial charge is 0.381 e. The van der Waals surface area contributed by atoms with Gasteiger partial charge in [0.1, 0.15) is 0 Å².